The lowest BCUT2D eigenvalue weighted by Crippen LogP contribution is -2.31. The summed E-state index contributed by atoms with van der Waals surface area (Å²) in [6.45, 7) is 2.53. The quantitative estimate of drug-likeness (QED) is 0.810. The lowest BCUT2D eigenvalue weighted by atomic mass is 10.2. The molecule has 2 rings (SSSR count). The molecule has 0 saturated carbocycles. The Balaban J connectivity index is 1.96. The highest BCUT2D eigenvalue weighted by molar-refractivity contribution is 7.89. The zero-order chi connectivity index (χ0) is 16.2. The van der Waals surface area contributed by atoms with E-state index < -0.39 is 10.0 Å². The zero-order valence-electron chi connectivity index (χ0n) is 12.5. The third-order valence-corrected chi connectivity index (χ3v) is 5.29. The molecule has 0 radical (unpaired) electrons. The highest BCUT2D eigenvalue weighted by Crippen LogP contribution is 2.18. The molecule has 0 N–H and O–H groups in total. The first kappa shape index (κ1) is 16.8. The fourth-order valence-electron chi connectivity index (χ4n) is 1.85. The number of ether oxygens (including phenoxy) is 1. The van der Waals surface area contributed by atoms with Gasteiger partial charge in [0.2, 0.25) is 10.0 Å². The van der Waals surface area contributed by atoms with Crippen molar-refractivity contribution in [1.29, 1.82) is 0 Å². The summed E-state index contributed by atoms with van der Waals surface area (Å²) < 4.78 is 31.6. The van der Waals surface area contributed by atoms with E-state index in [-0.39, 0.29) is 18.0 Å². The van der Waals surface area contributed by atoms with Crippen LogP contribution in [0.2, 0.25) is 5.02 Å². The van der Waals surface area contributed by atoms with E-state index in [1.807, 2.05) is 31.2 Å². The molecule has 118 valence electrons. The Morgan fingerprint density at radius 3 is 2.45 bits per heavy atom. The second-order valence-corrected chi connectivity index (χ2v) is 7.43. The second kappa shape index (κ2) is 7.13. The van der Waals surface area contributed by atoms with Crippen molar-refractivity contribution >= 4 is 21.6 Å². The van der Waals surface area contributed by atoms with E-state index in [1.54, 1.807) is 12.1 Å². The normalized spacial score (nSPS) is 11.6. The summed E-state index contributed by atoms with van der Waals surface area (Å²) >= 11 is 5.85. The van der Waals surface area contributed by atoms with Crippen molar-refractivity contribution in [2.24, 2.45) is 0 Å². The largest absolute Gasteiger partial charge is 0.492 e. The van der Waals surface area contributed by atoms with Gasteiger partial charge in [-0.05, 0) is 37.3 Å². The first-order valence-electron chi connectivity index (χ1n) is 6.81. The Bertz CT molecular complexity index is 729. The van der Waals surface area contributed by atoms with Crippen LogP contribution in [0.4, 0.5) is 0 Å². The number of likely N-dealkylation sites (N-methyl/N-ethyl adjacent to an activating group) is 1. The van der Waals surface area contributed by atoms with Crippen LogP contribution in [0.3, 0.4) is 0 Å². The molecule has 0 bridgehead atoms. The van der Waals surface area contributed by atoms with Crippen LogP contribution in [-0.2, 0) is 10.0 Å². The number of aryl methyl sites for hydroxylation is 1. The molecule has 0 atom stereocenters. The van der Waals surface area contributed by atoms with E-state index in [1.165, 1.54) is 23.5 Å². The van der Waals surface area contributed by atoms with Gasteiger partial charge >= 0.3 is 0 Å². The fraction of sp³-hybridized carbons (Fsp3) is 0.250. The molecule has 22 heavy (non-hydrogen) atoms. The number of benzene rings is 2. The maximum atomic E-state index is 12.4. The fourth-order valence-corrected chi connectivity index (χ4v) is 3.31. The van der Waals surface area contributed by atoms with Crippen LogP contribution >= 0.6 is 11.6 Å². The molecule has 2 aromatic rings. The Morgan fingerprint density at radius 2 is 1.82 bits per heavy atom. The predicted octanol–water partition coefficient (Wildman–Crippen LogP) is 3.35. The average Bonchev–Trinajstić information content (AvgIpc) is 2.49. The zero-order valence-corrected chi connectivity index (χ0v) is 14.1. The molecule has 0 aromatic heterocycles. The maximum Gasteiger partial charge on any atom is 0.242 e. The number of hydrogen-bond acceptors (Lipinski definition) is 3. The lowest BCUT2D eigenvalue weighted by molar-refractivity contribution is 0.287. The van der Waals surface area contributed by atoms with Gasteiger partial charge < -0.3 is 4.74 Å². The highest BCUT2D eigenvalue weighted by atomic mass is 35.5. The molecule has 0 aliphatic heterocycles. The standard InChI is InChI=1S/C16H18ClNO3S/c1-13-6-8-15(9-7-13)21-11-10-18(2)22(19,20)16-5-3-4-14(17)12-16/h3-9,12H,10-11H2,1-2H3. The van der Waals surface area contributed by atoms with Crippen LogP contribution in [0.1, 0.15) is 5.56 Å². The van der Waals surface area contributed by atoms with Crippen LogP contribution in [-0.4, -0.2) is 32.9 Å². The Hall–Kier alpha value is -1.56. The minimum absolute atomic E-state index is 0.179. The third-order valence-electron chi connectivity index (χ3n) is 3.20. The van der Waals surface area contributed by atoms with Crippen molar-refractivity contribution in [3.63, 3.8) is 0 Å². The molecule has 0 saturated heterocycles. The van der Waals surface area contributed by atoms with E-state index in [0.717, 1.165) is 11.3 Å². The summed E-state index contributed by atoms with van der Waals surface area (Å²) in [5, 5.41) is 0.394. The van der Waals surface area contributed by atoms with Gasteiger partial charge in [-0.25, -0.2) is 8.42 Å². The van der Waals surface area contributed by atoms with Gasteiger partial charge in [-0.3, -0.25) is 0 Å². The van der Waals surface area contributed by atoms with Gasteiger partial charge in [0.1, 0.15) is 12.4 Å². The molecule has 0 aliphatic rings. The number of hydrogen-bond donors (Lipinski definition) is 0. The summed E-state index contributed by atoms with van der Waals surface area (Å²) in [4.78, 5) is 0.179. The van der Waals surface area contributed by atoms with E-state index in [2.05, 4.69) is 0 Å². The van der Waals surface area contributed by atoms with Crippen molar-refractivity contribution < 1.29 is 13.2 Å². The summed E-state index contributed by atoms with van der Waals surface area (Å²) in [5.41, 5.74) is 1.15. The Labute approximate surface area is 136 Å². The molecule has 6 heteroatoms. The molecular formula is C16H18ClNO3S. The molecule has 0 fully saturated rings. The summed E-state index contributed by atoms with van der Waals surface area (Å²) in [6.07, 6.45) is 0. The van der Waals surface area contributed by atoms with Crippen molar-refractivity contribution in [1.82, 2.24) is 4.31 Å². The molecule has 2 aromatic carbocycles. The SMILES string of the molecule is Cc1ccc(OCCN(C)S(=O)(=O)c2cccc(Cl)c2)cc1. The highest BCUT2D eigenvalue weighted by Gasteiger charge is 2.20. The smallest absolute Gasteiger partial charge is 0.242 e. The van der Waals surface area contributed by atoms with Gasteiger partial charge in [-0.2, -0.15) is 4.31 Å². The predicted molar refractivity (Wildman–Crippen MR) is 87.9 cm³/mol. The van der Waals surface area contributed by atoms with Gasteiger partial charge in [0.15, 0.2) is 0 Å². The van der Waals surface area contributed by atoms with Crippen LogP contribution < -0.4 is 4.74 Å². The Morgan fingerprint density at radius 1 is 1.14 bits per heavy atom. The molecule has 0 heterocycles. The summed E-state index contributed by atoms with van der Waals surface area (Å²) in [5.74, 6) is 0.721. The van der Waals surface area contributed by atoms with Gasteiger partial charge in [-0.1, -0.05) is 35.4 Å². The molecule has 0 aliphatic carbocycles. The number of halogens is 1. The van der Waals surface area contributed by atoms with E-state index in [4.69, 9.17) is 16.3 Å². The second-order valence-electron chi connectivity index (χ2n) is 4.95. The monoisotopic (exact) mass is 339 g/mol. The maximum absolute atomic E-state index is 12.4. The first-order valence-corrected chi connectivity index (χ1v) is 8.63. The third kappa shape index (κ3) is 4.22. The lowest BCUT2D eigenvalue weighted by Gasteiger charge is -2.17. The average molecular weight is 340 g/mol. The number of rotatable bonds is 6. The van der Waals surface area contributed by atoms with Crippen molar-refractivity contribution in [2.75, 3.05) is 20.2 Å². The summed E-state index contributed by atoms with van der Waals surface area (Å²) in [7, 11) is -2.03. The molecular weight excluding hydrogens is 322 g/mol. The minimum Gasteiger partial charge on any atom is -0.492 e. The first-order chi connectivity index (χ1) is 10.4. The van der Waals surface area contributed by atoms with Crippen molar-refractivity contribution in [3.8, 4) is 5.75 Å². The van der Waals surface area contributed by atoms with E-state index >= 15 is 0 Å². The van der Waals surface area contributed by atoms with Crippen LogP contribution in [0.5, 0.6) is 5.75 Å². The Kier molecular flexibility index (Phi) is 5.45. The number of sulfonamides is 1. The molecule has 0 amide bonds. The molecule has 4 nitrogen and oxygen atoms in total. The topological polar surface area (TPSA) is 46.6 Å². The minimum atomic E-state index is -3.55. The number of nitrogens with zero attached hydrogens (tertiary/aromatic N) is 1. The van der Waals surface area contributed by atoms with Crippen molar-refractivity contribution in [2.45, 2.75) is 11.8 Å². The van der Waals surface area contributed by atoms with Crippen molar-refractivity contribution in [3.05, 3.63) is 59.1 Å². The van der Waals surface area contributed by atoms with Gasteiger partial charge in [0, 0.05) is 18.6 Å². The van der Waals surface area contributed by atoms with Gasteiger partial charge in [0.25, 0.3) is 0 Å². The van der Waals surface area contributed by atoms with Crippen LogP contribution in [0.25, 0.3) is 0 Å². The van der Waals surface area contributed by atoms with Gasteiger partial charge in [-0.15, -0.1) is 0 Å². The van der Waals surface area contributed by atoms with E-state index in [9.17, 15) is 8.42 Å². The molecule has 0 spiro atoms. The van der Waals surface area contributed by atoms with Crippen LogP contribution in [0.15, 0.2) is 53.4 Å². The van der Waals surface area contributed by atoms with E-state index in [0.29, 0.717) is 5.02 Å². The summed E-state index contributed by atoms with van der Waals surface area (Å²) in [6, 6.07) is 13.8. The van der Waals surface area contributed by atoms with Gasteiger partial charge in [0.05, 0.1) is 4.90 Å². The van der Waals surface area contributed by atoms with Crippen LogP contribution in [0, 0.1) is 6.92 Å². The molecule has 0 unspecified atom stereocenters.